The Balaban J connectivity index is 1.32. The third-order valence-electron chi connectivity index (χ3n) is 3.85. The van der Waals surface area contributed by atoms with Gasteiger partial charge in [0.15, 0.2) is 0 Å². The Hall–Kier alpha value is -3.40. The molecule has 0 bridgehead atoms. The number of methoxy groups -OCH3 is 1. The van der Waals surface area contributed by atoms with Crippen LogP contribution in [0.2, 0.25) is 0 Å². The minimum absolute atomic E-state index is 0.153. The average molecular weight is 396 g/mol. The van der Waals surface area contributed by atoms with Crippen LogP contribution in [0.3, 0.4) is 0 Å². The monoisotopic (exact) mass is 396 g/mol. The van der Waals surface area contributed by atoms with Gasteiger partial charge in [0.1, 0.15) is 17.8 Å². The number of nitrogens with zero attached hydrogens (tertiary/aromatic N) is 5. The van der Waals surface area contributed by atoms with E-state index < -0.39 is 0 Å². The third-order valence-corrected chi connectivity index (χ3v) is 4.67. The predicted molar refractivity (Wildman–Crippen MR) is 103 cm³/mol. The minimum atomic E-state index is -0.169. The number of para-hydroxylation sites is 1. The van der Waals surface area contributed by atoms with Gasteiger partial charge in [-0.05, 0) is 36.4 Å². The largest absolute Gasteiger partial charge is 0.497 e. The van der Waals surface area contributed by atoms with Gasteiger partial charge in [-0.15, -0.1) is 15.3 Å². The van der Waals surface area contributed by atoms with Crippen LogP contribution in [-0.2, 0) is 11.3 Å². The molecule has 4 aromatic rings. The van der Waals surface area contributed by atoms with Crippen LogP contribution in [0.1, 0.15) is 5.89 Å². The summed E-state index contributed by atoms with van der Waals surface area (Å²) >= 11 is 1.17. The van der Waals surface area contributed by atoms with E-state index in [1.54, 1.807) is 36.1 Å². The lowest BCUT2D eigenvalue weighted by Gasteiger charge is -2.05. The number of aromatic nitrogens is 5. The first kappa shape index (κ1) is 18.0. The Morgan fingerprint density at radius 1 is 1.14 bits per heavy atom. The van der Waals surface area contributed by atoms with Gasteiger partial charge in [0.25, 0.3) is 5.22 Å². The third kappa shape index (κ3) is 4.12. The van der Waals surface area contributed by atoms with Crippen molar-refractivity contribution >= 4 is 34.4 Å². The van der Waals surface area contributed by atoms with Crippen LogP contribution >= 0.6 is 11.8 Å². The lowest BCUT2D eigenvalue weighted by molar-refractivity contribution is -0.113. The number of thioether (sulfide) groups is 1. The van der Waals surface area contributed by atoms with Gasteiger partial charge in [0.05, 0.1) is 18.4 Å². The summed E-state index contributed by atoms with van der Waals surface area (Å²) in [6.07, 6.45) is 0. The molecule has 1 N–H and O–H groups in total. The fourth-order valence-electron chi connectivity index (χ4n) is 2.52. The zero-order valence-corrected chi connectivity index (χ0v) is 15.7. The molecule has 2 aromatic heterocycles. The molecule has 0 fully saturated rings. The summed E-state index contributed by atoms with van der Waals surface area (Å²) in [6, 6.07) is 14.7. The summed E-state index contributed by atoms with van der Waals surface area (Å²) in [5, 5.41) is 19.3. The quantitative estimate of drug-likeness (QED) is 0.475. The molecule has 0 atom stereocenters. The van der Waals surface area contributed by atoms with E-state index in [1.807, 2.05) is 24.3 Å². The molecule has 1 amide bonds. The Morgan fingerprint density at radius 3 is 2.79 bits per heavy atom. The minimum Gasteiger partial charge on any atom is -0.497 e. The van der Waals surface area contributed by atoms with Crippen molar-refractivity contribution in [2.45, 2.75) is 11.8 Å². The molecule has 0 unspecified atom stereocenters. The highest BCUT2D eigenvalue weighted by Crippen LogP contribution is 2.19. The molecule has 142 valence electrons. The summed E-state index contributed by atoms with van der Waals surface area (Å²) in [6.45, 7) is 0.312. The molecule has 0 spiro atoms. The summed E-state index contributed by atoms with van der Waals surface area (Å²) < 4.78 is 12.4. The van der Waals surface area contributed by atoms with E-state index in [1.165, 1.54) is 11.8 Å². The second-order valence-electron chi connectivity index (χ2n) is 5.76. The molecule has 9 nitrogen and oxygen atoms in total. The van der Waals surface area contributed by atoms with Crippen molar-refractivity contribution in [2.24, 2.45) is 0 Å². The summed E-state index contributed by atoms with van der Waals surface area (Å²) in [5.74, 6) is 1.11. The van der Waals surface area contributed by atoms with E-state index in [2.05, 4.69) is 25.8 Å². The van der Waals surface area contributed by atoms with Crippen LogP contribution in [0.5, 0.6) is 5.75 Å². The maximum Gasteiger partial charge on any atom is 0.277 e. The second kappa shape index (κ2) is 8.09. The van der Waals surface area contributed by atoms with Crippen molar-refractivity contribution in [2.75, 3.05) is 18.2 Å². The predicted octanol–water partition coefficient (Wildman–Crippen LogP) is 2.60. The molecule has 2 aromatic carbocycles. The van der Waals surface area contributed by atoms with Crippen LogP contribution in [0, 0.1) is 0 Å². The number of hydrogen-bond donors (Lipinski definition) is 1. The summed E-state index contributed by atoms with van der Waals surface area (Å²) in [4.78, 5) is 12.1. The molecule has 10 heteroatoms. The van der Waals surface area contributed by atoms with E-state index >= 15 is 0 Å². The maximum absolute atomic E-state index is 12.1. The van der Waals surface area contributed by atoms with Crippen LogP contribution in [0.25, 0.3) is 11.0 Å². The Labute approximate surface area is 164 Å². The molecule has 0 radical (unpaired) electrons. The molecular formula is C18H16N6O3S. The molecular weight excluding hydrogens is 380 g/mol. The SMILES string of the molecule is COc1ccc(NC(=O)CSc2nnc(Cn3nnc4ccccc43)o2)cc1. The number of fused-ring (bicyclic) bond motifs is 1. The maximum atomic E-state index is 12.1. The first-order valence-electron chi connectivity index (χ1n) is 8.38. The first-order chi connectivity index (χ1) is 13.7. The number of amides is 1. The number of nitrogens with one attached hydrogen (secondary N) is 1. The fraction of sp³-hybridized carbons (Fsp3) is 0.167. The lowest BCUT2D eigenvalue weighted by atomic mass is 10.3. The number of anilines is 1. The zero-order valence-electron chi connectivity index (χ0n) is 14.9. The number of benzene rings is 2. The highest BCUT2D eigenvalue weighted by molar-refractivity contribution is 7.99. The highest BCUT2D eigenvalue weighted by atomic mass is 32.2. The lowest BCUT2D eigenvalue weighted by Crippen LogP contribution is -2.13. The number of carbonyl (C=O) groups excluding carboxylic acids is 1. The molecule has 0 saturated carbocycles. The van der Waals surface area contributed by atoms with Gasteiger partial charge in [0, 0.05) is 5.69 Å². The van der Waals surface area contributed by atoms with Crippen molar-refractivity contribution in [1.29, 1.82) is 0 Å². The number of rotatable bonds is 7. The summed E-state index contributed by atoms with van der Waals surface area (Å²) in [5.41, 5.74) is 2.37. The molecule has 0 aliphatic rings. The molecule has 0 aliphatic carbocycles. The van der Waals surface area contributed by atoms with Crippen molar-refractivity contribution in [3.05, 3.63) is 54.4 Å². The smallest absolute Gasteiger partial charge is 0.277 e. The first-order valence-corrected chi connectivity index (χ1v) is 9.37. The molecule has 0 aliphatic heterocycles. The van der Waals surface area contributed by atoms with Gasteiger partial charge < -0.3 is 14.5 Å². The van der Waals surface area contributed by atoms with Gasteiger partial charge in [-0.1, -0.05) is 29.1 Å². The number of ether oxygens (including phenoxy) is 1. The van der Waals surface area contributed by atoms with E-state index in [0.717, 1.165) is 16.8 Å². The van der Waals surface area contributed by atoms with E-state index in [-0.39, 0.29) is 11.7 Å². The van der Waals surface area contributed by atoms with Gasteiger partial charge in [-0.25, -0.2) is 4.68 Å². The van der Waals surface area contributed by atoms with Gasteiger partial charge in [-0.2, -0.15) is 0 Å². The van der Waals surface area contributed by atoms with E-state index in [9.17, 15) is 4.79 Å². The molecule has 28 heavy (non-hydrogen) atoms. The van der Waals surface area contributed by atoms with Gasteiger partial charge in [0.2, 0.25) is 11.8 Å². The molecule has 2 heterocycles. The van der Waals surface area contributed by atoms with Crippen LogP contribution < -0.4 is 10.1 Å². The highest BCUT2D eigenvalue weighted by Gasteiger charge is 2.12. The Kier molecular flexibility index (Phi) is 5.20. The van der Waals surface area contributed by atoms with Crippen LogP contribution in [-0.4, -0.2) is 44.0 Å². The number of carbonyl (C=O) groups is 1. The van der Waals surface area contributed by atoms with Gasteiger partial charge in [-0.3, -0.25) is 4.79 Å². The standard InChI is InChI=1S/C18H16N6O3S/c1-26-13-8-6-12(7-9-13)19-16(25)11-28-18-22-21-17(27-18)10-24-15-5-3-2-4-14(15)20-23-24/h2-9H,10-11H2,1H3,(H,19,25). The topological polar surface area (TPSA) is 108 Å². The van der Waals surface area contributed by atoms with Crippen LogP contribution in [0.4, 0.5) is 5.69 Å². The van der Waals surface area contributed by atoms with Crippen molar-refractivity contribution in [3.8, 4) is 5.75 Å². The fourth-order valence-corrected chi connectivity index (χ4v) is 3.10. The van der Waals surface area contributed by atoms with Crippen LogP contribution in [0.15, 0.2) is 58.2 Å². The van der Waals surface area contributed by atoms with E-state index in [4.69, 9.17) is 9.15 Å². The average Bonchev–Trinajstić information content (AvgIpc) is 3.35. The normalized spacial score (nSPS) is 10.9. The van der Waals surface area contributed by atoms with Gasteiger partial charge >= 0.3 is 0 Å². The van der Waals surface area contributed by atoms with E-state index in [0.29, 0.717) is 23.3 Å². The molecule has 0 saturated heterocycles. The van der Waals surface area contributed by atoms with Crippen molar-refractivity contribution < 1.29 is 13.9 Å². The Bertz CT molecular complexity index is 1090. The van der Waals surface area contributed by atoms with Crippen molar-refractivity contribution in [1.82, 2.24) is 25.2 Å². The zero-order chi connectivity index (χ0) is 19.3. The summed E-state index contributed by atoms with van der Waals surface area (Å²) in [7, 11) is 1.59. The second-order valence-corrected chi connectivity index (χ2v) is 6.69. The number of hydrogen-bond acceptors (Lipinski definition) is 8. The van der Waals surface area contributed by atoms with Crippen molar-refractivity contribution in [3.63, 3.8) is 0 Å². The Morgan fingerprint density at radius 2 is 1.96 bits per heavy atom. The molecule has 4 rings (SSSR count).